The SMILES string of the molecule is N#CC1=C(N)Oc2c(ccc3ncccc23)C1c1ccccc1C(=O)O. The van der Waals surface area contributed by atoms with Crippen LogP contribution < -0.4 is 10.5 Å². The van der Waals surface area contributed by atoms with Gasteiger partial charge in [0, 0.05) is 17.1 Å². The Kier molecular flexibility index (Phi) is 3.55. The van der Waals surface area contributed by atoms with Crippen LogP contribution in [0.4, 0.5) is 0 Å². The molecule has 1 aromatic heterocycles. The van der Waals surface area contributed by atoms with E-state index in [1.54, 1.807) is 36.5 Å². The Morgan fingerprint density at radius 2 is 1.96 bits per heavy atom. The zero-order valence-electron chi connectivity index (χ0n) is 13.5. The first-order valence-corrected chi connectivity index (χ1v) is 7.89. The molecule has 2 aromatic carbocycles. The van der Waals surface area contributed by atoms with Crippen LogP contribution in [0.15, 0.2) is 66.2 Å². The minimum atomic E-state index is -1.06. The maximum atomic E-state index is 11.7. The Bertz CT molecular complexity index is 1130. The monoisotopic (exact) mass is 343 g/mol. The largest absolute Gasteiger partial charge is 0.478 e. The van der Waals surface area contributed by atoms with E-state index in [1.165, 1.54) is 6.07 Å². The van der Waals surface area contributed by atoms with Crippen LogP contribution in [0.5, 0.6) is 5.75 Å². The summed E-state index contributed by atoms with van der Waals surface area (Å²) in [5, 5.41) is 20.0. The fourth-order valence-electron chi connectivity index (χ4n) is 3.33. The highest BCUT2D eigenvalue weighted by Crippen LogP contribution is 2.45. The molecule has 1 aliphatic rings. The van der Waals surface area contributed by atoms with E-state index in [0.29, 0.717) is 16.9 Å². The molecule has 3 aromatic rings. The van der Waals surface area contributed by atoms with Crippen molar-refractivity contribution < 1.29 is 14.6 Å². The van der Waals surface area contributed by atoms with Gasteiger partial charge in [0.15, 0.2) is 0 Å². The molecule has 1 unspecified atom stereocenters. The van der Waals surface area contributed by atoms with Crippen molar-refractivity contribution in [3.63, 3.8) is 0 Å². The molecule has 1 atom stereocenters. The minimum absolute atomic E-state index is 0.0263. The van der Waals surface area contributed by atoms with Gasteiger partial charge in [-0.15, -0.1) is 0 Å². The Labute approximate surface area is 148 Å². The lowest BCUT2D eigenvalue weighted by molar-refractivity contribution is 0.0695. The number of nitriles is 1. The van der Waals surface area contributed by atoms with Crippen LogP contribution in [0.3, 0.4) is 0 Å². The first-order valence-electron chi connectivity index (χ1n) is 7.89. The molecule has 1 aliphatic heterocycles. The number of nitrogens with two attached hydrogens (primary N) is 1. The number of carboxylic acids is 1. The first-order chi connectivity index (χ1) is 12.6. The highest BCUT2D eigenvalue weighted by atomic mass is 16.5. The van der Waals surface area contributed by atoms with Gasteiger partial charge in [0.1, 0.15) is 17.4 Å². The predicted octanol–water partition coefficient (Wildman–Crippen LogP) is 3.15. The Morgan fingerprint density at radius 1 is 1.15 bits per heavy atom. The van der Waals surface area contributed by atoms with Crippen molar-refractivity contribution in [1.82, 2.24) is 4.98 Å². The second-order valence-electron chi connectivity index (χ2n) is 5.87. The van der Waals surface area contributed by atoms with E-state index in [1.807, 2.05) is 12.1 Å². The number of hydrogen-bond acceptors (Lipinski definition) is 5. The molecule has 4 rings (SSSR count). The number of allylic oxidation sites excluding steroid dienone is 1. The van der Waals surface area contributed by atoms with Crippen LogP contribution in [-0.4, -0.2) is 16.1 Å². The normalized spacial score (nSPS) is 15.9. The van der Waals surface area contributed by atoms with Crippen LogP contribution in [0.25, 0.3) is 10.9 Å². The molecular weight excluding hydrogens is 330 g/mol. The third-order valence-electron chi connectivity index (χ3n) is 4.47. The van der Waals surface area contributed by atoms with Gasteiger partial charge >= 0.3 is 5.97 Å². The minimum Gasteiger partial charge on any atom is -0.478 e. The van der Waals surface area contributed by atoms with Gasteiger partial charge in [-0.05, 0) is 29.8 Å². The van der Waals surface area contributed by atoms with E-state index in [-0.39, 0.29) is 17.0 Å². The van der Waals surface area contributed by atoms with E-state index in [0.717, 1.165) is 10.9 Å². The van der Waals surface area contributed by atoms with Gasteiger partial charge in [-0.2, -0.15) is 5.26 Å². The molecule has 0 radical (unpaired) electrons. The number of aromatic carboxylic acids is 1. The van der Waals surface area contributed by atoms with Crippen LogP contribution in [0.1, 0.15) is 27.4 Å². The van der Waals surface area contributed by atoms with Crippen LogP contribution in [0, 0.1) is 11.3 Å². The quantitative estimate of drug-likeness (QED) is 0.740. The number of carbonyl (C=O) groups is 1. The van der Waals surface area contributed by atoms with Gasteiger partial charge in [0.25, 0.3) is 0 Å². The van der Waals surface area contributed by atoms with Gasteiger partial charge in [0.05, 0.1) is 17.0 Å². The third-order valence-corrected chi connectivity index (χ3v) is 4.47. The van der Waals surface area contributed by atoms with Gasteiger partial charge < -0.3 is 15.6 Å². The zero-order valence-corrected chi connectivity index (χ0v) is 13.5. The molecule has 0 fully saturated rings. The summed E-state index contributed by atoms with van der Waals surface area (Å²) in [5.41, 5.74) is 8.23. The number of rotatable bonds is 2. The summed E-state index contributed by atoms with van der Waals surface area (Å²) >= 11 is 0. The van der Waals surface area contributed by atoms with E-state index in [4.69, 9.17) is 10.5 Å². The molecule has 0 spiro atoms. The molecule has 3 N–H and O–H groups in total. The Hall–Kier alpha value is -3.85. The second kappa shape index (κ2) is 5.90. The fourth-order valence-corrected chi connectivity index (χ4v) is 3.33. The maximum Gasteiger partial charge on any atom is 0.335 e. The summed E-state index contributed by atoms with van der Waals surface area (Å²) < 4.78 is 5.75. The average Bonchev–Trinajstić information content (AvgIpc) is 2.66. The molecule has 0 saturated heterocycles. The molecule has 0 amide bonds. The number of benzene rings is 2. The van der Waals surface area contributed by atoms with E-state index in [2.05, 4.69) is 11.1 Å². The van der Waals surface area contributed by atoms with Crippen LogP contribution >= 0.6 is 0 Å². The van der Waals surface area contributed by atoms with Gasteiger partial charge in [-0.1, -0.05) is 24.3 Å². The summed E-state index contributed by atoms with van der Waals surface area (Å²) in [6.45, 7) is 0. The molecule has 26 heavy (non-hydrogen) atoms. The van der Waals surface area contributed by atoms with Crippen molar-refractivity contribution in [3.8, 4) is 11.8 Å². The topological polar surface area (TPSA) is 109 Å². The van der Waals surface area contributed by atoms with Crippen molar-refractivity contribution in [1.29, 1.82) is 5.26 Å². The van der Waals surface area contributed by atoms with Gasteiger partial charge in [-0.3, -0.25) is 4.98 Å². The fraction of sp³-hybridized carbons (Fsp3) is 0.0500. The number of carboxylic acid groups (broad SMARTS) is 1. The lowest BCUT2D eigenvalue weighted by Gasteiger charge is -2.28. The van der Waals surface area contributed by atoms with Crippen molar-refractivity contribution in [2.45, 2.75) is 5.92 Å². The van der Waals surface area contributed by atoms with Crippen LogP contribution in [0.2, 0.25) is 0 Å². The number of hydrogen-bond donors (Lipinski definition) is 2. The molecule has 126 valence electrons. The molecule has 2 heterocycles. The Balaban J connectivity index is 2.05. The molecule has 0 aliphatic carbocycles. The number of ether oxygens (including phenoxy) is 1. The van der Waals surface area contributed by atoms with Crippen LogP contribution in [-0.2, 0) is 0 Å². The highest BCUT2D eigenvalue weighted by Gasteiger charge is 2.33. The lowest BCUT2D eigenvalue weighted by Crippen LogP contribution is -2.22. The maximum absolute atomic E-state index is 11.7. The second-order valence-corrected chi connectivity index (χ2v) is 5.87. The van der Waals surface area contributed by atoms with Gasteiger partial charge in [-0.25, -0.2) is 4.79 Å². The average molecular weight is 343 g/mol. The highest BCUT2D eigenvalue weighted by molar-refractivity contribution is 5.92. The Morgan fingerprint density at radius 3 is 2.73 bits per heavy atom. The summed E-state index contributed by atoms with van der Waals surface area (Å²) in [6.07, 6.45) is 1.68. The number of nitrogens with zero attached hydrogens (tertiary/aromatic N) is 2. The van der Waals surface area contributed by atoms with E-state index >= 15 is 0 Å². The van der Waals surface area contributed by atoms with Gasteiger partial charge in [0.2, 0.25) is 5.88 Å². The third kappa shape index (κ3) is 2.26. The molecule has 0 bridgehead atoms. The van der Waals surface area contributed by atoms with Crippen molar-refractivity contribution >= 4 is 16.9 Å². The summed E-state index contributed by atoms with van der Waals surface area (Å²) in [6, 6.07) is 15.9. The predicted molar refractivity (Wildman–Crippen MR) is 94.4 cm³/mol. The molecule has 0 saturated carbocycles. The number of pyridine rings is 1. The van der Waals surface area contributed by atoms with Crippen molar-refractivity contribution in [2.75, 3.05) is 0 Å². The van der Waals surface area contributed by atoms with E-state index < -0.39 is 11.9 Å². The standard InChI is InChI=1S/C20H13N3O3/c21-10-15-17(11-4-1-2-5-12(11)20(24)25)14-7-8-16-13(6-3-9-23-16)18(14)26-19(15)22/h1-9,17H,22H2,(H,24,25). The summed E-state index contributed by atoms with van der Waals surface area (Å²) in [4.78, 5) is 16.0. The molecule has 6 nitrogen and oxygen atoms in total. The van der Waals surface area contributed by atoms with Crippen molar-refractivity contribution in [2.24, 2.45) is 5.73 Å². The van der Waals surface area contributed by atoms with E-state index in [9.17, 15) is 15.2 Å². The summed E-state index contributed by atoms with van der Waals surface area (Å²) in [7, 11) is 0. The lowest BCUT2D eigenvalue weighted by atomic mass is 9.81. The zero-order chi connectivity index (χ0) is 18.3. The summed E-state index contributed by atoms with van der Waals surface area (Å²) in [5.74, 6) is -1.22. The smallest absolute Gasteiger partial charge is 0.335 e. The first kappa shape index (κ1) is 15.7. The molecular formula is C20H13N3O3. The number of aromatic nitrogens is 1. The van der Waals surface area contributed by atoms with Crippen molar-refractivity contribution in [3.05, 3.63) is 82.9 Å². The number of fused-ring (bicyclic) bond motifs is 3. The molecule has 6 heteroatoms.